The van der Waals surface area contributed by atoms with Gasteiger partial charge in [-0.15, -0.1) is 24.3 Å². The molecule has 0 heterocycles. The molecule has 0 aromatic heterocycles. The molecule has 0 aliphatic heterocycles. The summed E-state index contributed by atoms with van der Waals surface area (Å²) in [6, 6.07) is 0. The van der Waals surface area contributed by atoms with Crippen LogP contribution in [0.2, 0.25) is 0 Å². The molecule has 0 unspecified atom stereocenters. The fourth-order valence-electron chi connectivity index (χ4n) is 0.940. The molecule has 1 heteroatoms. The Morgan fingerprint density at radius 1 is 0.412 bits per heavy atom. The first-order valence-electron chi connectivity index (χ1n) is 5.15. The summed E-state index contributed by atoms with van der Waals surface area (Å²) in [5.74, 6) is 0. The average Bonchev–Trinajstić information content (AvgIpc) is 2.15. The summed E-state index contributed by atoms with van der Waals surface area (Å²) in [7, 11) is 0. The molecule has 0 atom stereocenters. The summed E-state index contributed by atoms with van der Waals surface area (Å²) in [6.45, 7) is 0. The zero-order valence-electron chi connectivity index (χ0n) is 9.40. The van der Waals surface area contributed by atoms with Gasteiger partial charge in [-0.05, 0) is 0 Å². The summed E-state index contributed by atoms with van der Waals surface area (Å²) < 4.78 is 0. The van der Waals surface area contributed by atoms with Crippen LogP contribution in [0.25, 0.3) is 0 Å². The maximum Gasteiger partial charge on any atom is 2.00 e. The van der Waals surface area contributed by atoms with Crippen LogP contribution in [0.5, 0.6) is 0 Å². The first kappa shape index (κ1) is 15.4. The Labute approximate surface area is 114 Å². The molecule has 2 rings (SSSR count). The fraction of sp³-hybridized carbons (Fsp3) is 0. The molecule has 0 nitrogen and oxygen atoms in total. The zero-order valence-corrected chi connectivity index (χ0v) is 10.4. The van der Waals surface area contributed by atoms with Crippen LogP contribution in [-0.2, 0) is 16.5 Å². The Balaban J connectivity index is 0.000000284. The molecule has 0 radical (unpaired) electrons. The maximum atomic E-state index is 2.94. The van der Waals surface area contributed by atoms with Crippen molar-refractivity contribution >= 4 is 0 Å². The molecule has 2 aliphatic carbocycles. The van der Waals surface area contributed by atoms with E-state index < -0.39 is 0 Å². The van der Waals surface area contributed by atoms with Crippen LogP contribution in [0, 0.1) is 12.2 Å². The molecule has 2 aliphatic rings. The van der Waals surface area contributed by atoms with Gasteiger partial charge in [-0.2, -0.15) is 60.8 Å². The van der Waals surface area contributed by atoms with Crippen LogP contribution >= 0.6 is 0 Å². The van der Waals surface area contributed by atoms with E-state index in [1.807, 2.05) is 85.1 Å². The standard InChI is InChI=1S/2C8H7.Ni/c2*1-2-4-6-8-7-5-3-1;/h2*1-7H;/q2*-1;+2. The van der Waals surface area contributed by atoms with E-state index in [1.165, 1.54) is 0 Å². The van der Waals surface area contributed by atoms with Crippen molar-refractivity contribution in [2.45, 2.75) is 0 Å². The molecule has 0 fully saturated rings. The maximum absolute atomic E-state index is 2.94. The summed E-state index contributed by atoms with van der Waals surface area (Å²) in [5, 5.41) is 0. The first-order valence-corrected chi connectivity index (χ1v) is 5.15. The Bertz CT molecular complexity index is 247. The molecule has 0 spiro atoms. The minimum absolute atomic E-state index is 0. The van der Waals surface area contributed by atoms with E-state index in [9.17, 15) is 0 Å². The van der Waals surface area contributed by atoms with Crippen molar-refractivity contribution in [1.82, 2.24) is 0 Å². The van der Waals surface area contributed by atoms with E-state index in [1.54, 1.807) is 0 Å². The normalized spacial score (nSPS) is 15.1. The van der Waals surface area contributed by atoms with Gasteiger partial charge in [-0.3, -0.25) is 0 Å². The van der Waals surface area contributed by atoms with Crippen LogP contribution in [0.4, 0.5) is 0 Å². The summed E-state index contributed by atoms with van der Waals surface area (Å²) in [5.41, 5.74) is 0. The van der Waals surface area contributed by atoms with Gasteiger partial charge in [0.15, 0.2) is 0 Å². The first-order chi connectivity index (χ1) is 8.00. The van der Waals surface area contributed by atoms with E-state index in [0.29, 0.717) is 0 Å². The van der Waals surface area contributed by atoms with Crippen molar-refractivity contribution < 1.29 is 16.5 Å². The number of hydrogen-bond acceptors (Lipinski definition) is 0. The predicted octanol–water partition coefficient (Wildman–Crippen LogP) is 4.05. The Morgan fingerprint density at radius 2 is 0.765 bits per heavy atom. The number of hydrogen-bond donors (Lipinski definition) is 0. The largest absolute Gasteiger partial charge is 2.00 e. The van der Waals surface area contributed by atoms with Crippen LogP contribution in [0.15, 0.2) is 85.1 Å². The molecule has 0 aromatic rings. The summed E-state index contributed by atoms with van der Waals surface area (Å²) in [6.07, 6.45) is 33.0. The van der Waals surface area contributed by atoms with Gasteiger partial charge in [-0.1, -0.05) is 12.2 Å². The second-order valence-corrected chi connectivity index (χ2v) is 2.92. The number of rotatable bonds is 0. The second-order valence-electron chi connectivity index (χ2n) is 2.92. The van der Waals surface area contributed by atoms with Crippen molar-refractivity contribution in [2.24, 2.45) is 0 Å². The molecule has 0 saturated heterocycles. The quantitative estimate of drug-likeness (QED) is 0.457. The van der Waals surface area contributed by atoms with Crippen LogP contribution in [0.1, 0.15) is 0 Å². The van der Waals surface area contributed by atoms with Crippen molar-refractivity contribution in [2.75, 3.05) is 0 Å². The number of allylic oxidation sites excluding steroid dienone is 16. The van der Waals surface area contributed by atoms with Crippen molar-refractivity contribution in [1.29, 1.82) is 0 Å². The van der Waals surface area contributed by atoms with E-state index in [0.717, 1.165) is 0 Å². The molecule has 0 amide bonds. The van der Waals surface area contributed by atoms with Gasteiger partial charge in [0.25, 0.3) is 0 Å². The molecule has 0 aromatic carbocycles. The van der Waals surface area contributed by atoms with Gasteiger partial charge in [0, 0.05) is 0 Å². The van der Waals surface area contributed by atoms with Crippen molar-refractivity contribution in [3.8, 4) is 0 Å². The monoisotopic (exact) mass is 264 g/mol. The molecule has 17 heavy (non-hydrogen) atoms. The van der Waals surface area contributed by atoms with Crippen LogP contribution in [-0.4, -0.2) is 0 Å². The third-order valence-corrected chi connectivity index (χ3v) is 1.66. The van der Waals surface area contributed by atoms with Gasteiger partial charge in [0.05, 0.1) is 0 Å². The van der Waals surface area contributed by atoms with Crippen molar-refractivity contribution in [3.05, 3.63) is 97.2 Å². The zero-order chi connectivity index (χ0) is 11.3. The van der Waals surface area contributed by atoms with Crippen LogP contribution < -0.4 is 0 Å². The molecular weight excluding hydrogens is 251 g/mol. The average molecular weight is 265 g/mol. The van der Waals surface area contributed by atoms with Gasteiger partial charge in [0.1, 0.15) is 0 Å². The topological polar surface area (TPSA) is 0 Å². The Kier molecular flexibility index (Phi) is 11.3. The minimum atomic E-state index is 0. The molecule has 88 valence electrons. The van der Waals surface area contributed by atoms with E-state index >= 15 is 0 Å². The second kappa shape index (κ2) is 12.5. The van der Waals surface area contributed by atoms with Gasteiger partial charge in [0.2, 0.25) is 0 Å². The van der Waals surface area contributed by atoms with Gasteiger partial charge >= 0.3 is 16.5 Å². The van der Waals surface area contributed by atoms with Gasteiger partial charge < -0.3 is 0 Å². The predicted molar refractivity (Wildman–Crippen MR) is 70.5 cm³/mol. The molecule has 0 bridgehead atoms. The van der Waals surface area contributed by atoms with E-state index in [2.05, 4.69) is 12.2 Å². The van der Waals surface area contributed by atoms with Gasteiger partial charge in [-0.25, -0.2) is 0 Å². The summed E-state index contributed by atoms with van der Waals surface area (Å²) in [4.78, 5) is 0. The van der Waals surface area contributed by atoms with E-state index in [-0.39, 0.29) is 16.5 Å². The SMILES string of the molecule is [C-]1=CC=CC=CC=C1.[C-]1=CC=CC=CC=C1.[Ni+2]. The van der Waals surface area contributed by atoms with E-state index in [4.69, 9.17) is 0 Å². The van der Waals surface area contributed by atoms with Crippen LogP contribution in [0.3, 0.4) is 0 Å². The van der Waals surface area contributed by atoms with Crippen molar-refractivity contribution in [3.63, 3.8) is 0 Å². The minimum Gasteiger partial charge on any atom is -0.184 e. The Morgan fingerprint density at radius 3 is 1.24 bits per heavy atom. The molecular formula is C16H14Ni. The third kappa shape index (κ3) is 10.7. The molecule has 0 saturated carbocycles. The Hall–Kier alpha value is -1.59. The third-order valence-electron chi connectivity index (χ3n) is 1.66. The smallest absolute Gasteiger partial charge is 0.184 e. The fourth-order valence-corrected chi connectivity index (χ4v) is 0.940. The summed E-state index contributed by atoms with van der Waals surface area (Å²) >= 11 is 0. The molecule has 0 N–H and O–H groups in total.